The van der Waals surface area contributed by atoms with Crippen LogP contribution in [0.1, 0.15) is 52.5 Å². The molecular formula is C14H24N2O. The SMILES string of the molecule is CCC(C)(C)C1CCC(O)C(n2cccn2)C1. The number of hydrogen-bond acceptors (Lipinski definition) is 2. The second-order valence-corrected chi connectivity index (χ2v) is 5.97. The molecule has 1 aliphatic rings. The van der Waals surface area contributed by atoms with Crippen LogP contribution < -0.4 is 0 Å². The molecule has 1 fully saturated rings. The molecule has 3 atom stereocenters. The maximum atomic E-state index is 10.1. The van der Waals surface area contributed by atoms with Gasteiger partial charge in [0.2, 0.25) is 0 Å². The summed E-state index contributed by atoms with van der Waals surface area (Å²) in [6, 6.07) is 2.09. The zero-order valence-electron chi connectivity index (χ0n) is 11.1. The largest absolute Gasteiger partial charge is 0.391 e. The van der Waals surface area contributed by atoms with Gasteiger partial charge in [-0.05, 0) is 36.7 Å². The van der Waals surface area contributed by atoms with Crippen LogP contribution in [0.2, 0.25) is 0 Å². The molecule has 1 aliphatic carbocycles. The number of aliphatic hydroxyl groups excluding tert-OH is 1. The summed E-state index contributed by atoms with van der Waals surface area (Å²) in [6.45, 7) is 6.94. The number of aromatic nitrogens is 2. The molecule has 17 heavy (non-hydrogen) atoms. The molecule has 96 valence electrons. The van der Waals surface area contributed by atoms with Gasteiger partial charge in [-0.1, -0.05) is 27.2 Å². The second kappa shape index (κ2) is 4.81. The Hall–Kier alpha value is -0.830. The fourth-order valence-electron chi connectivity index (χ4n) is 2.89. The van der Waals surface area contributed by atoms with Crippen molar-refractivity contribution in [3.8, 4) is 0 Å². The van der Waals surface area contributed by atoms with E-state index in [1.54, 1.807) is 6.20 Å². The quantitative estimate of drug-likeness (QED) is 0.876. The van der Waals surface area contributed by atoms with E-state index in [0.717, 1.165) is 19.3 Å². The molecule has 0 amide bonds. The van der Waals surface area contributed by atoms with Crippen molar-refractivity contribution in [1.29, 1.82) is 0 Å². The average molecular weight is 236 g/mol. The zero-order valence-corrected chi connectivity index (χ0v) is 11.1. The van der Waals surface area contributed by atoms with Gasteiger partial charge in [-0.2, -0.15) is 5.10 Å². The van der Waals surface area contributed by atoms with Gasteiger partial charge in [0, 0.05) is 12.4 Å². The third-order valence-corrected chi connectivity index (χ3v) is 4.66. The first-order chi connectivity index (χ1) is 8.04. The van der Waals surface area contributed by atoms with Gasteiger partial charge < -0.3 is 5.11 Å². The van der Waals surface area contributed by atoms with Crippen molar-refractivity contribution in [2.45, 2.75) is 58.6 Å². The molecule has 1 saturated carbocycles. The summed E-state index contributed by atoms with van der Waals surface area (Å²) in [4.78, 5) is 0. The van der Waals surface area contributed by atoms with Crippen LogP contribution in [0.5, 0.6) is 0 Å². The van der Waals surface area contributed by atoms with E-state index in [-0.39, 0.29) is 12.1 Å². The van der Waals surface area contributed by atoms with Crippen molar-refractivity contribution >= 4 is 0 Å². The Morgan fingerprint density at radius 3 is 2.76 bits per heavy atom. The first-order valence-corrected chi connectivity index (χ1v) is 6.72. The highest BCUT2D eigenvalue weighted by molar-refractivity contribution is 4.91. The highest BCUT2D eigenvalue weighted by Crippen LogP contribution is 2.43. The molecule has 0 saturated heterocycles. The molecule has 0 radical (unpaired) electrons. The zero-order chi connectivity index (χ0) is 12.5. The molecular weight excluding hydrogens is 212 g/mol. The molecule has 1 heterocycles. The molecule has 1 N–H and O–H groups in total. The lowest BCUT2D eigenvalue weighted by Gasteiger charge is -2.41. The van der Waals surface area contributed by atoms with Gasteiger partial charge in [0.25, 0.3) is 0 Å². The van der Waals surface area contributed by atoms with Gasteiger partial charge in [0.05, 0.1) is 12.1 Å². The van der Waals surface area contributed by atoms with Crippen molar-refractivity contribution in [3.05, 3.63) is 18.5 Å². The van der Waals surface area contributed by atoms with Crippen molar-refractivity contribution in [1.82, 2.24) is 9.78 Å². The Bertz CT molecular complexity index is 345. The van der Waals surface area contributed by atoms with E-state index in [1.165, 1.54) is 6.42 Å². The van der Waals surface area contributed by atoms with Crippen molar-refractivity contribution in [2.24, 2.45) is 11.3 Å². The Balaban J connectivity index is 2.12. The summed E-state index contributed by atoms with van der Waals surface area (Å²) in [7, 11) is 0. The van der Waals surface area contributed by atoms with Crippen molar-refractivity contribution in [3.63, 3.8) is 0 Å². The van der Waals surface area contributed by atoms with E-state index >= 15 is 0 Å². The second-order valence-electron chi connectivity index (χ2n) is 5.97. The van der Waals surface area contributed by atoms with Crippen LogP contribution in [0, 0.1) is 11.3 Å². The van der Waals surface area contributed by atoms with Crippen LogP contribution in [0.3, 0.4) is 0 Å². The van der Waals surface area contributed by atoms with E-state index in [0.29, 0.717) is 11.3 Å². The smallest absolute Gasteiger partial charge is 0.0780 e. The number of rotatable bonds is 3. The summed E-state index contributed by atoms with van der Waals surface area (Å²) in [5.74, 6) is 0.685. The molecule has 3 heteroatoms. The predicted molar refractivity (Wildman–Crippen MR) is 68.7 cm³/mol. The topological polar surface area (TPSA) is 38.0 Å². The van der Waals surface area contributed by atoms with Crippen molar-refractivity contribution in [2.75, 3.05) is 0 Å². The minimum absolute atomic E-state index is 0.162. The fraction of sp³-hybridized carbons (Fsp3) is 0.786. The summed E-state index contributed by atoms with van der Waals surface area (Å²) < 4.78 is 1.93. The lowest BCUT2D eigenvalue weighted by molar-refractivity contribution is 0.0147. The molecule has 0 spiro atoms. The molecule has 3 nitrogen and oxygen atoms in total. The standard InChI is InChI=1S/C14H24N2O/c1-4-14(2,3)11-6-7-13(17)12(10-11)16-9-5-8-15-16/h5,8-9,11-13,17H,4,6-7,10H2,1-3H3. The maximum absolute atomic E-state index is 10.1. The molecule has 3 unspecified atom stereocenters. The van der Waals surface area contributed by atoms with E-state index in [9.17, 15) is 5.11 Å². The minimum atomic E-state index is -0.237. The summed E-state index contributed by atoms with van der Waals surface area (Å²) >= 11 is 0. The van der Waals surface area contributed by atoms with Crippen LogP contribution >= 0.6 is 0 Å². The fourth-order valence-corrected chi connectivity index (χ4v) is 2.89. The van der Waals surface area contributed by atoms with E-state index in [2.05, 4.69) is 25.9 Å². The van der Waals surface area contributed by atoms with Crippen molar-refractivity contribution < 1.29 is 5.11 Å². The van der Waals surface area contributed by atoms with Gasteiger partial charge in [-0.15, -0.1) is 0 Å². The Morgan fingerprint density at radius 1 is 1.41 bits per heavy atom. The third kappa shape index (κ3) is 2.54. The van der Waals surface area contributed by atoms with Crippen LogP contribution in [-0.4, -0.2) is 21.0 Å². The minimum Gasteiger partial charge on any atom is -0.391 e. The molecule has 0 aliphatic heterocycles. The van der Waals surface area contributed by atoms with E-state index < -0.39 is 0 Å². The van der Waals surface area contributed by atoms with Gasteiger partial charge >= 0.3 is 0 Å². The number of nitrogens with zero attached hydrogens (tertiary/aromatic N) is 2. The highest BCUT2D eigenvalue weighted by Gasteiger charge is 2.37. The normalized spacial score (nSPS) is 30.5. The Labute approximate surface area is 104 Å². The third-order valence-electron chi connectivity index (χ3n) is 4.66. The molecule has 1 aromatic heterocycles. The molecule has 0 aromatic carbocycles. The first-order valence-electron chi connectivity index (χ1n) is 6.72. The van der Waals surface area contributed by atoms with Gasteiger partial charge in [-0.25, -0.2) is 0 Å². The maximum Gasteiger partial charge on any atom is 0.0780 e. The molecule has 0 bridgehead atoms. The van der Waals surface area contributed by atoms with E-state index in [4.69, 9.17) is 0 Å². The van der Waals surface area contributed by atoms with Crippen LogP contribution in [0.25, 0.3) is 0 Å². The van der Waals surface area contributed by atoms with E-state index in [1.807, 2.05) is 16.9 Å². The van der Waals surface area contributed by atoms with Crippen LogP contribution in [0.15, 0.2) is 18.5 Å². The number of aliphatic hydroxyl groups is 1. The lowest BCUT2D eigenvalue weighted by Crippen LogP contribution is -2.37. The van der Waals surface area contributed by atoms with Gasteiger partial charge in [0.15, 0.2) is 0 Å². The number of hydrogen-bond donors (Lipinski definition) is 1. The highest BCUT2D eigenvalue weighted by atomic mass is 16.3. The predicted octanol–water partition coefficient (Wildman–Crippen LogP) is 3.02. The average Bonchev–Trinajstić information content (AvgIpc) is 2.83. The summed E-state index contributed by atoms with van der Waals surface area (Å²) in [5.41, 5.74) is 0.367. The first kappa shape index (κ1) is 12.6. The van der Waals surface area contributed by atoms with Gasteiger partial charge in [0.1, 0.15) is 0 Å². The summed E-state index contributed by atoms with van der Waals surface area (Å²) in [5, 5.41) is 14.4. The Morgan fingerprint density at radius 2 is 2.18 bits per heavy atom. The molecule has 2 rings (SSSR count). The van der Waals surface area contributed by atoms with Crippen LogP contribution in [-0.2, 0) is 0 Å². The monoisotopic (exact) mass is 236 g/mol. The molecule has 1 aromatic rings. The van der Waals surface area contributed by atoms with Crippen LogP contribution in [0.4, 0.5) is 0 Å². The van der Waals surface area contributed by atoms with Gasteiger partial charge in [-0.3, -0.25) is 4.68 Å². The lowest BCUT2D eigenvalue weighted by atomic mass is 9.68. The summed E-state index contributed by atoms with van der Waals surface area (Å²) in [6.07, 6.45) is 7.80. The Kier molecular flexibility index (Phi) is 3.57.